The maximum absolute atomic E-state index is 13.9. The summed E-state index contributed by atoms with van der Waals surface area (Å²) in [5, 5.41) is 7.23. The number of nitrogens with zero attached hydrogens (tertiary/aromatic N) is 3. The highest BCUT2D eigenvalue weighted by Gasteiger charge is 2.45. The molecule has 2 unspecified atom stereocenters. The Morgan fingerprint density at radius 1 is 1.27 bits per heavy atom. The molecule has 178 valence electrons. The number of hydrazine groups is 1. The lowest BCUT2D eigenvalue weighted by molar-refractivity contribution is -0.137. The number of hydrogen-bond donors (Lipinski definition) is 3. The number of pyridine rings is 1. The van der Waals surface area contributed by atoms with E-state index in [2.05, 4.69) is 15.4 Å². The van der Waals surface area contributed by atoms with Crippen LogP contribution in [-0.2, 0) is 11.0 Å². The highest BCUT2D eigenvalue weighted by Crippen LogP contribution is 2.45. The van der Waals surface area contributed by atoms with Crippen LogP contribution in [0.1, 0.15) is 41.9 Å². The average molecular weight is 470 g/mol. The lowest BCUT2D eigenvalue weighted by Gasteiger charge is -2.23. The molecule has 1 saturated carbocycles. The Balaban J connectivity index is 1.90. The molecule has 2 aromatic rings. The van der Waals surface area contributed by atoms with Crippen molar-refractivity contribution in [3.63, 3.8) is 0 Å². The van der Waals surface area contributed by atoms with Gasteiger partial charge in [-0.3, -0.25) is 4.79 Å². The van der Waals surface area contributed by atoms with Crippen LogP contribution in [0.2, 0.25) is 0 Å². The second kappa shape index (κ2) is 9.30. The Hall–Kier alpha value is -3.28. The number of amides is 1. The minimum atomic E-state index is -4.62. The van der Waals surface area contributed by atoms with Crippen molar-refractivity contribution >= 4 is 17.6 Å². The first-order valence-corrected chi connectivity index (χ1v) is 10.0. The van der Waals surface area contributed by atoms with Crippen molar-refractivity contribution in [2.24, 2.45) is 22.6 Å². The number of halogens is 5. The van der Waals surface area contributed by atoms with Crippen LogP contribution in [0.25, 0.3) is 0 Å². The first-order chi connectivity index (χ1) is 15.4. The predicted octanol–water partition coefficient (Wildman–Crippen LogP) is 3.68. The van der Waals surface area contributed by atoms with Gasteiger partial charge in [-0.2, -0.15) is 13.2 Å². The number of alkyl halides is 5. The van der Waals surface area contributed by atoms with E-state index >= 15 is 0 Å². The van der Waals surface area contributed by atoms with Crippen molar-refractivity contribution < 1.29 is 26.7 Å². The minimum absolute atomic E-state index is 0.0877. The molecule has 0 radical (unpaired) electrons. The number of amidine groups is 1. The van der Waals surface area contributed by atoms with Crippen molar-refractivity contribution in [1.82, 2.24) is 10.1 Å². The van der Waals surface area contributed by atoms with Gasteiger partial charge in [0.05, 0.1) is 11.5 Å². The number of carbonyl (C=O) groups is 1. The maximum Gasteiger partial charge on any atom is 0.416 e. The molecule has 0 spiro atoms. The van der Waals surface area contributed by atoms with Crippen LogP contribution >= 0.6 is 0 Å². The van der Waals surface area contributed by atoms with E-state index in [0.29, 0.717) is 17.2 Å². The van der Waals surface area contributed by atoms with Gasteiger partial charge >= 0.3 is 6.18 Å². The van der Waals surface area contributed by atoms with Crippen LogP contribution in [0, 0.1) is 5.92 Å². The van der Waals surface area contributed by atoms with Crippen molar-refractivity contribution in [3.05, 3.63) is 59.3 Å². The number of hydrogen-bond acceptors (Lipinski definition) is 5. The van der Waals surface area contributed by atoms with E-state index in [1.165, 1.54) is 7.05 Å². The average Bonchev–Trinajstić information content (AvgIpc) is 3.07. The molecule has 1 fully saturated rings. The number of rotatable bonds is 6. The highest BCUT2D eigenvalue weighted by molar-refractivity contribution is 5.98. The zero-order valence-electron chi connectivity index (χ0n) is 17.6. The zero-order chi connectivity index (χ0) is 24.4. The summed E-state index contributed by atoms with van der Waals surface area (Å²) >= 11 is 0. The molecule has 33 heavy (non-hydrogen) atoms. The molecule has 1 aliphatic carbocycles. The lowest BCUT2D eigenvalue weighted by Crippen LogP contribution is -2.28. The van der Waals surface area contributed by atoms with Crippen LogP contribution < -0.4 is 16.9 Å². The van der Waals surface area contributed by atoms with Gasteiger partial charge in [-0.25, -0.2) is 24.7 Å². The van der Waals surface area contributed by atoms with Crippen LogP contribution in [0.4, 0.5) is 27.8 Å². The third kappa shape index (κ3) is 6.15. The molecule has 12 heteroatoms. The number of aromatic nitrogens is 1. The van der Waals surface area contributed by atoms with Crippen molar-refractivity contribution in [3.8, 4) is 0 Å². The van der Waals surface area contributed by atoms with E-state index in [4.69, 9.17) is 11.6 Å². The third-order valence-corrected chi connectivity index (χ3v) is 5.37. The van der Waals surface area contributed by atoms with Gasteiger partial charge in [-0.05, 0) is 30.0 Å². The van der Waals surface area contributed by atoms with Gasteiger partial charge in [-0.1, -0.05) is 24.3 Å². The molecule has 0 aliphatic heterocycles. The molecule has 7 nitrogen and oxygen atoms in total. The fraction of sp³-hybridized carbons (Fsp3) is 0.381. The van der Waals surface area contributed by atoms with Crippen LogP contribution in [0.15, 0.2) is 47.7 Å². The Bertz CT molecular complexity index is 1020. The molecule has 1 heterocycles. The van der Waals surface area contributed by atoms with Crippen molar-refractivity contribution in [2.45, 2.75) is 37.3 Å². The monoisotopic (exact) mass is 470 g/mol. The first-order valence-electron chi connectivity index (χ1n) is 10.0. The molecule has 3 rings (SSSR count). The normalized spacial score (nSPS) is 19.2. The molecular formula is C21H23F5N6O. The number of benzene rings is 1. The van der Waals surface area contributed by atoms with Crippen LogP contribution in [0.3, 0.4) is 0 Å². The predicted molar refractivity (Wildman–Crippen MR) is 112 cm³/mol. The number of nitrogens with two attached hydrogens (primary N) is 2. The molecule has 1 aromatic carbocycles. The zero-order valence-corrected chi connectivity index (χ0v) is 17.6. The first kappa shape index (κ1) is 24.4. The SMILES string of the molecule is CN(N)/N=C(\N)c1ccc(C(C(=O)Nc2cc(C(F)(F)F)ccn2)C2CCC(F)(F)C2)cc1. The fourth-order valence-corrected chi connectivity index (χ4v) is 3.87. The van der Waals surface area contributed by atoms with Gasteiger partial charge in [0.15, 0.2) is 5.84 Å². The molecule has 0 saturated heterocycles. The molecule has 1 aromatic heterocycles. The lowest BCUT2D eigenvalue weighted by atomic mass is 9.83. The summed E-state index contributed by atoms with van der Waals surface area (Å²) in [6.07, 6.45) is -4.49. The summed E-state index contributed by atoms with van der Waals surface area (Å²) in [7, 11) is 1.48. The number of hydrazone groups is 1. The number of anilines is 1. The molecule has 5 N–H and O–H groups in total. The van der Waals surface area contributed by atoms with E-state index in [0.717, 1.165) is 17.4 Å². The summed E-state index contributed by atoms with van der Waals surface area (Å²) < 4.78 is 66.8. The Morgan fingerprint density at radius 3 is 2.48 bits per heavy atom. The Labute approximate surface area is 186 Å². The molecule has 2 atom stereocenters. The quantitative estimate of drug-likeness (QED) is 0.196. The van der Waals surface area contributed by atoms with Gasteiger partial charge in [-0.15, -0.1) is 5.10 Å². The largest absolute Gasteiger partial charge is 0.416 e. The second-order valence-corrected chi connectivity index (χ2v) is 7.93. The smallest absolute Gasteiger partial charge is 0.382 e. The summed E-state index contributed by atoms with van der Waals surface area (Å²) in [6.45, 7) is 0. The van der Waals surface area contributed by atoms with E-state index in [1.54, 1.807) is 24.3 Å². The molecule has 0 bridgehead atoms. The molecule has 1 amide bonds. The van der Waals surface area contributed by atoms with Crippen LogP contribution in [0.5, 0.6) is 0 Å². The maximum atomic E-state index is 13.9. The fourth-order valence-electron chi connectivity index (χ4n) is 3.87. The van der Waals surface area contributed by atoms with E-state index in [-0.39, 0.29) is 24.5 Å². The van der Waals surface area contributed by atoms with Gasteiger partial charge < -0.3 is 11.1 Å². The Kier molecular flexibility index (Phi) is 6.86. The minimum Gasteiger partial charge on any atom is -0.382 e. The van der Waals surface area contributed by atoms with E-state index in [9.17, 15) is 26.7 Å². The molecular weight excluding hydrogens is 447 g/mol. The van der Waals surface area contributed by atoms with Crippen LogP contribution in [-0.4, -0.2) is 34.8 Å². The van der Waals surface area contributed by atoms with Gasteiger partial charge in [0, 0.05) is 31.6 Å². The highest BCUT2D eigenvalue weighted by atomic mass is 19.4. The van der Waals surface area contributed by atoms with E-state index in [1.807, 2.05) is 0 Å². The number of carbonyl (C=O) groups excluding carboxylic acids is 1. The second-order valence-electron chi connectivity index (χ2n) is 7.93. The standard InChI is InChI=1S/C21H23F5N6O/c1-32(28)31-18(27)13-4-2-12(3-5-13)17(14-6-8-20(22,23)11-14)19(33)30-16-10-15(7-9-29-16)21(24,25)26/h2-5,7,9-10,14,17H,6,8,11,28H2,1H3,(H2,27,31)(H,29,30,33). The molecule has 1 aliphatic rings. The summed E-state index contributed by atoms with van der Waals surface area (Å²) in [5.74, 6) is -0.155. The van der Waals surface area contributed by atoms with Gasteiger partial charge in [0.2, 0.25) is 11.8 Å². The van der Waals surface area contributed by atoms with Crippen molar-refractivity contribution in [2.75, 3.05) is 12.4 Å². The summed E-state index contributed by atoms with van der Waals surface area (Å²) in [6, 6.07) is 7.69. The van der Waals surface area contributed by atoms with Gasteiger partial charge in [0.25, 0.3) is 0 Å². The topological polar surface area (TPSA) is 110 Å². The van der Waals surface area contributed by atoms with Crippen molar-refractivity contribution in [1.29, 1.82) is 0 Å². The third-order valence-electron chi connectivity index (χ3n) is 5.37. The summed E-state index contributed by atoms with van der Waals surface area (Å²) in [4.78, 5) is 16.8. The summed E-state index contributed by atoms with van der Waals surface area (Å²) in [5.41, 5.74) is 5.76. The Morgan fingerprint density at radius 2 is 1.94 bits per heavy atom. The van der Waals surface area contributed by atoms with E-state index < -0.39 is 41.8 Å². The van der Waals surface area contributed by atoms with Gasteiger partial charge in [0.1, 0.15) is 5.82 Å². The number of nitrogens with one attached hydrogen (secondary N) is 1.